The Balaban J connectivity index is 2.41. The van der Waals surface area contributed by atoms with Gasteiger partial charge in [0.1, 0.15) is 0 Å². The average Bonchev–Trinajstić information content (AvgIpc) is 2.61. The van der Waals surface area contributed by atoms with Gasteiger partial charge in [-0.05, 0) is 0 Å². The predicted octanol–water partition coefficient (Wildman–Crippen LogP) is -0.0233. The molecule has 4 nitrogen and oxygen atoms in total. The first-order valence-corrected chi connectivity index (χ1v) is 4.61. The molecule has 1 saturated heterocycles. The molecular formula is C8H12F4N2O2. The Morgan fingerprint density at radius 2 is 2.12 bits per heavy atom. The van der Waals surface area contributed by atoms with Crippen molar-refractivity contribution in [1.82, 2.24) is 5.32 Å². The van der Waals surface area contributed by atoms with E-state index < -0.39 is 36.8 Å². The van der Waals surface area contributed by atoms with Gasteiger partial charge in [0.25, 0.3) is 0 Å². The minimum atomic E-state index is -4.22. The normalized spacial score (nSPS) is 26.1. The quantitative estimate of drug-likeness (QED) is 0.683. The van der Waals surface area contributed by atoms with Crippen LogP contribution in [-0.2, 0) is 9.53 Å². The summed E-state index contributed by atoms with van der Waals surface area (Å²) in [7, 11) is 0. The number of amides is 1. The van der Waals surface area contributed by atoms with Crippen molar-refractivity contribution < 1.29 is 27.1 Å². The van der Waals surface area contributed by atoms with Gasteiger partial charge in [-0.25, -0.2) is 8.78 Å². The molecule has 1 aliphatic heterocycles. The van der Waals surface area contributed by atoms with Crippen LogP contribution in [0, 0.1) is 5.92 Å². The van der Waals surface area contributed by atoms with Crippen molar-refractivity contribution in [2.24, 2.45) is 11.7 Å². The summed E-state index contributed by atoms with van der Waals surface area (Å²) in [6, 6.07) is -0.583. The number of nitrogens with two attached hydrogens (primary N) is 1. The number of alkyl halides is 4. The molecule has 0 aromatic heterocycles. The van der Waals surface area contributed by atoms with E-state index in [0.717, 1.165) is 0 Å². The fraction of sp³-hybridized carbons (Fsp3) is 0.875. The molecule has 2 atom stereocenters. The maximum atomic E-state index is 12.5. The molecule has 1 amide bonds. The fourth-order valence-electron chi connectivity index (χ4n) is 1.25. The second-order valence-electron chi connectivity index (χ2n) is 3.59. The van der Waals surface area contributed by atoms with Crippen LogP contribution >= 0.6 is 0 Å². The largest absolute Gasteiger partial charge is 0.379 e. The fourth-order valence-corrected chi connectivity index (χ4v) is 1.25. The zero-order valence-electron chi connectivity index (χ0n) is 8.26. The Hall–Kier alpha value is -0.890. The van der Waals surface area contributed by atoms with E-state index in [1.54, 1.807) is 5.32 Å². The summed E-state index contributed by atoms with van der Waals surface area (Å²) in [6.45, 7) is -1.22. The van der Waals surface area contributed by atoms with E-state index in [2.05, 4.69) is 0 Å². The predicted molar refractivity (Wildman–Crippen MR) is 46.2 cm³/mol. The first-order valence-electron chi connectivity index (χ1n) is 4.61. The number of nitrogens with one attached hydrogen (secondary N) is 1. The molecule has 3 N–H and O–H groups in total. The van der Waals surface area contributed by atoms with Gasteiger partial charge >= 0.3 is 12.3 Å². The van der Waals surface area contributed by atoms with Gasteiger partial charge in [-0.1, -0.05) is 0 Å². The first kappa shape index (κ1) is 13.2. The van der Waals surface area contributed by atoms with Crippen molar-refractivity contribution in [3.8, 4) is 0 Å². The highest BCUT2D eigenvalue weighted by atomic mass is 19.3. The average molecular weight is 244 g/mol. The molecule has 0 saturated carbocycles. The van der Waals surface area contributed by atoms with Gasteiger partial charge in [-0.2, -0.15) is 8.78 Å². The summed E-state index contributed by atoms with van der Waals surface area (Å²) >= 11 is 0. The third kappa shape index (κ3) is 3.05. The molecule has 8 heteroatoms. The van der Waals surface area contributed by atoms with E-state index in [4.69, 9.17) is 10.5 Å². The number of hydrogen-bond donors (Lipinski definition) is 2. The molecule has 0 aromatic carbocycles. The highest BCUT2D eigenvalue weighted by molar-refractivity contribution is 5.79. The van der Waals surface area contributed by atoms with Crippen LogP contribution in [0.15, 0.2) is 0 Å². The van der Waals surface area contributed by atoms with Crippen molar-refractivity contribution in [2.45, 2.75) is 18.4 Å². The molecule has 1 heterocycles. The van der Waals surface area contributed by atoms with Gasteiger partial charge in [-0.15, -0.1) is 0 Å². The van der Waals surface area contributed by atoms with Crippen LogP contribution in [0.1, 0.15) is 0 Å². The van der Waals surface area contributed by atoms with Gasteiger partial charge in [0.2, 0.25) is 5.91 Å². The lowest BCUT2D eigenvalue weighted by Gasteiger charge is -2.18. The minimum Gasteiger partial charge on any atom is -0.379 e. The van der Waals surface area contributed by atoms with Crippen molar-refractivity contribution >= 4 is 5.91 Å². The zero-order valence-corrected chi connectivity index (χ0v) is 8.26. The molecule has 0 aromatic rings. The number of halogens is 4. The molecule has 1 fully saturated rings. The first-order chi connectivity index (χ1) is 7.34. The highest BCUT2D eigenvalue weighted by Crippen LogP contribution is 2.22. The monoisotopic (exact) mass is 244 g/mol. The number of rotatable bonds is 4. The van der Waals surface area contributed by atoms with Crippen molar-refractivity contribution in [3.63, 3.8) is 0 Å². The van der Waals surface area contributed by atoms with Crippen LogP contribution < -0.4 is 11.1 Å². The van der Waals surface area contributed by atoms with Crippen LogP contribution in [0.4, 0.5) is 17.6 Å². The molecule has 0 radical (unpaired) electrons. The summed E-state index contributed by atoms with van der Waals surface area (Å²) in [4.78, 5) is 11.3. The Morgan fingerprint density at radius 1 is 1.50 bits per heavy atom. The lowest BCUT2D eigenvalue weighted by molar-refractivity contribution is -0.138. The minimum absolute atomic E-state index is 0.0211. The van der Waals surface area contributed by atoms with Gasteiger partial charge < -0.3 is 15.8 Å². The van der Waals surface area contributed by atoms with E-state index in [9.17, 15) is 22.4 Å². The molecule has 94 valence electrons. The van der Waals surface area contributed by atoms with Crippen molar-refractivity contribution in [3.05, 3.63) is 0 Å². The van der Waals surface area contributed by atoms with Crippen LogP contribution in [0.2, 0.25) is 0 Å². The molecule has 0 aliphatic carbocycles. The second-order valence-corrected chi connectivity index (χ2v) is 3.59. The number of ether oxygens (including phenoxy) is 1. The summed E-state index contributed by atoms with van der Waals surface area (Å²) in [5.74, 6) is -5.77. The third-order valence-electron chi connectivity index (χ3n) is 2.28. The summed E-state index contributed by atoms with van der Waals surface area (Å²) in [6.07, 6.45) is -3.80. The Labute approximate surface area is 89.1 Å². The van der Waals surface area contributed by atoms with Gasteiger partial charge in [0, 0.05) is 6.04 Å². The van der Waals surface area contributed by atoms with Crippen LogP contribution in [0.3, 0.4) is 0 Å². The molecule has 0 spiro atoms. The van der Waals surface area contributed by atoms with Crippen molar-refractivity contribution in [2.75, 3.05) is 19.8 Å². The summed E-state index contributed by atoms with van der Waals surface area (Å²) < 4.78 is 53.3. The highest BCUT2D eigenvalue weighted by Gasteiger charge is 2.42. The number of carbonyl (C=O) groups is 1. The van der Waals surface area contributed by atoms with Gasteiger partial charge in [0.05, 0.1) is 25.7 Å². The van der Waals surface area contributed by atoms with Gasteiger partial charge in [-0.3, -0.25) is 4.79 Å². The Kier molecular flexibility index (Phi) is 4.09. The van der Waals surface area contributed by atoms with E-state index >= 15 is 0 Å². The number of hydrogen-bond acceptors (Lipinski definition) is 3. The summed E-state index contributed by atoms with van der Waals surface area (Å²) in [5, 5.41) is 1.75. The smallest absolute Gasteiger partial charge is 0.324 e. The Bertz CT molecular complexity index is 262. The van der Waals surface area contributed by atoms with E-state index in [1.165, 1.54) is 0 Å². The zero-order chi connectivity index (χ0) is 12.3. The third-order valence-corrected chi connectivity index (χ3v) is 2.28. The van der Waals surface area contributed by atoms with Gasteiger partial charge in [0.15, 0.2) is 0 Å². The Morgan fingerprint density at radius 3 is 2.56 bits per heavy atom. The lowest BCUT2D eigenvalue weighted by Crippen LogP contribution is -2.47. The van der Waals surface area contributed by atoms with Crippen LogP contribution in [-0.4, -0.2) is 44.1 Å². The molecule has 2 unspecified atom stereocenters. The molecule has 16 heavy (non-hydrogen) atoms. The molecule has 1 aliphatic rings. The van der Waals surface area contributed by atoms with Crippen molar-refractivity contribution in [1.29, 1.82) is 0 Å². The van der Waals surface area contributed by atoms with E-state index in [1.807, 2.05) is 0 Å². The topological polar surface area (TPSA) is 64.3 Å². The molecular weight excluding hydrogens is 232 g/mol. The maximum Gasteiger partial charge on any atom is 0.324 e. The molecule has 0 bridgehead atoms. The van der Waals surface area contributed by atoms with E-state index in [0.29, 0.717) is 0 Å². The second kappa shape index (κ2) is 4.96. The van der Waals surface area contributed by atoms with Crippen LogP contribution in [0.5, 0.6) is 0 Å². The maximum absolute atomic E-state index is 12.5. The lowest BCUT2D eigenvalue weighted by atomic mass is 10.0. The standard InChI is InChI=1S/C8H12F4N2O2/c9-7(10)8(11,12)3-14-6(15)4-1-16-2-5(4)13/h4-5,7H,1-3,13H2,(H,14,15). The SMILES string of the molecule is NC1COCC1C(=O)NCC(F)(F)C(F)F. The summed E-state index contributed by atoms with van der Waals surface area (Å²) in [5.41, 5.74) is 5.46. The van der Waals surface area contributed by atoms with Crippen LogP contribution in [0.25, 0.3) is 0 Å². The van der Waals surface area contributed by atoms with E-state index in [-0.39, 0.29) is 13.2 Å². The number of carbonyl (C=O) groups excluding carboxylic acids is 1. The molecule has 1 rings (SSSR count).